The maximum Gasteiger partial charge on any atom is 0.253 e. The standard InChI is InChI=1S/C18H21N3O2/c1-13-10-14(2)12-15(11-13)18(22)21-8-5-16(6-9-21)23-17-4-3-7-19-20-17/h3-4,7,10-12,16H,5-6,8-9H2,1-2H3. The first-order valence-electron chi connectivity index (χ1n) is 7.94. The van der Waals surface area contributed by atoms with E-state index >= 15 is 0 Å². The summed E-state index contributed by atoms with van der Waals surface area (Å²) < 4.78 is 5.82. The Morgan fingerprint density at radius 3 is 2.48 bits per heavy atom. The molecule has 0 N–H and O–H groups in total. The largest absolute Gasteiger partial charge is 0.473 e. The van der Waals surface area contributed by atoms with Crippen molar-refractivity contribution in [1.82, 2.24) is 15.1 Å². The van der Waals surface area contributed by atoms with Crippen LogP contribution in [0.4, 0.5) is 0 Å². The first-order chi connectivity index (χ1) is 11.1. The molecule has 0 atom stereocenters. The molecular formula is C18H21N3O2. The molecule has 120 valence electrons. The molecule has 1 fully saturated rings. The van der Waals surface area contributed by atoms with Crippen LogP contribution in [0.25, 0.3) is 0 Å². The average molecular weight is 311 g/mol. The molecule has 1 aliphatic heterocycles. The van der Waals surface area contributed by atoms with E-state index in [1.807, 2.05) is 30.9 Å². The predicted octanol–water partition coefficient (Wildman–Crippen LogP) is 2.78. The lowest BCUT2D eigenvalue weighted by atomic mass is 10.0. The van der Waals surface area contributed by atoms with E-state index in [4.69, 9.17) is 4.74 Å². The number of piperidine rings is 1. The number of amides is 1. The first kappa shape index (κ1) is 15.5. The van der Waals surface area contributed by atoms with Gasteiger partial charge in [-0.1, -0.05) is 17.2 Å². The van der Waals surface area contributed by atoms with E-state index in [9.17, 15) is 4.79 Å². The zero-order chi connectivity index (χ0) is 16.2. The van der Waals surface area contributed by atoms with Gasteiger partial charge < -0.3 is 9.64 Å². The molecular weight excluding hydrogens is 290 g/mol. The number of benzene rings is 1. The number of carbonyl (C=O) groups is 1. The second-order valence-corrected chi connectivity index (χ2v) is 6.05. The molecule has 0 bridgehead atoms. The molecule has 1 aromatic heterocycles. The minimum atomic E-state index is 0.0926. The van der Waals surface area contributed by atoms with Crippen molar-refractivity contribution in [2.45, 2.75) is 32.8 Å². The number of likely N-dealkylation sites (tertiary alicyclic amines) is 1. The van der Waals surface area contributed by atoms with Crippen LogP contribution in [0.5, 0.6) is 5.88 Å². The Labute approximate surface area is 136 Å². The Bertz CT molecular complexity index is 660. The summed E-state index contributed by atoms with van der Waals surface area (Å²) in [5.74, 6) is 0.654. The molecule has 3 rings (SSSR count). The SMILES string of the molecule is Cc1cc(C)cc(C(=O)N2CCC(Oc3cccnn3)CC2)c1. The highest BCUT2D eigenvalue weighted by Crippen LogP contribution is 2.19. The summed E-state index contributed by atoms with van der Waals surface area (Å²) in [5.41, 5.74) is 3.01. The molecule has 0 radical (unpaired) electrons. The lowest BCUT2D eigenvalue weighted by molar-refractivity contribution is 0.0586. The zero-order valence-corrected chi connectivity index (χ0v) is 13.5. The van der Waals surface area contributed by atoms with Crippen LogP contribution in [0, 0.1) is 13.8 Å². The van der Waals surface area contributed by atoms with Crippen LogP contribution >= 0.6 is 0 Å². The highest BCUT2D eigenvalue weighted by atomic mass is 16.5. The molecule has 0 aliphatic carbocycles. The van der Waals surface area contributed by atoms with Gasteiger partial charge in [-0.25, -0.2) is 0 Å². The van der Waals surface area contributed by atoms with Gasteiger partial charge in [-0.3, -0.25) is 4.79 Å². The van der Waals surface area contributed by atoms with Gasteiger partial charge in [-0.15, -0.1) is 5.10 Å². The quantitative estimate of drug-likeness (QED) is 0.874. The van der Waals surface area contributed by atoms with Gasteiger partial charge in [-0.05, 0) is 32.0 Å². The minimum Gasteiger partial charge on any atom is -0.473 e. The molecule has 23 heavy (non-hydrogen) atoms. The fraction of sp³-hybridized carbons (Fsp3) is 0.389. The topological polar surface area (TPSA) is 55.3 Å². The molecule has 2 aromatic rings. The number of ether oxygens (including phenoxy) is 1. The maximum atomic E-state index is 12.6. The molecule has 1 saturated heterocycles. The van der Waals surface area contributed by atoms with Crippen LogP contribution in [-0.2, 0) is 0 Å². The summed E-state index contributed by atoms with van der Waals surface area (Å²) in [6.45, 7) is 5.45. The van der Waals surface area contributed by atoms with E-state index in [0.29, 0.717) is 19.0 Å². The van der Waals surface area contributed by atoms with Gasteiger partial charge in [-0.2, -0.15) is 5.10 Å². The lowest BCUT2D eigenvalue weighted by Gasteiger charge is -2.32. The monoisotopic (exact) mass is 311 g/mol. The van der Waals surface area contributed by atoms with E-state index in [1.165, 1.54) is 0 Å². The van der Waals surface area contributed by atoms with Gasteiger partial charge in [0.25, 0.3) is 5.91 Å². The fourth-order valence-corrected chi connectivity index (χ4v) is 2.98. The Kier molecular flexibility index (Phi) is 4.55. The summed E-state index contributed by atoms with van der Waals surface area (Å²) in [6.07, 6.45) is 3.34. The van der Waals surface area contributed by atoms with Gasteiger partial charge in [0.2, 0.25) is 5.88 Å². The smallest absolute Gasteiger partial charge is 0.253 e. The van der Waals surface area contributed by atoms with Crippen LogP contribution in [0.1, 0.15) is 34.3 Å². The van der Waals surface area contributed by atoms with Crippen molar-refractivity contribution in [2.24, 2.45) is 0 Å². The summed E-state index contributed by atoms with van der Waals surface area (Å²) in [5, 5.41) is 7.75. The normalized spacial score (nSPS) is 15.5. The van der Waals surface area contributed by atoms with Gasteiger partial charge in [0, 0.05) is 43.8 Å². The van der Waals surface area contributed by atoms with E-state index in [0.717, 1.165) is 29.5 Å². The predicted molar refractivity (Wildman–Crippen MR) is 87.5 cm³/mol. The molecule has 0 saturated carbocycles. The molecule has 1 amide bonds. The van der Waals surface area contributed by atoms with Crippen molar-refractivity contribution >= 4 is 5.91 Å². The molecule has 0 spiro atoms. The van der Waals surface area contributed by atoms with Gasteiger partial charge in [0.15, 0.2) is 0 Å². The molecule has 5 nitrogen and oxygen atoms in total. The zero-order valence-electron chi connectivity index (χ0n) is 13.5. The fourth-order valence-electron chi connectivity index (χ4n) is 2.98. The van der Waals surface area contributed by atoms with Crippen molar-refractivity contribution in [1.29, 1.82) is 0 Å². The number of nitrogens with zero attached hydrogens (tertiary/aromatic N) is 3. The third-order valence-electron chi connectivity index (χ3n) is 4.03. The van der Waals surface area contributed by atoms with E-state index in [2.05, 4.69) is 16.3 Å². The van der Waals surface area contributed by atoms with Crippen LogP contribution in [0.3, 0.4) is 0 Å². The summed E-state index contributed by atoms with van der Waals surface area (Å²) in [7, 11) is 0. The molecule has 1 aliphatic rings. The van der Waals surface area contributed by atoms with Crippen LogP contribution < -0.4 is 4.74 Å². The summed E-state index contributed by atoms with van der Waals surface area (Å²) in [6, 6.07) is 9.60. The Morgan fingerprint density at radius 1 is 1.17 bits per heavy atom. The van der Waals surface area contributed by atoms with Crippen LogP contribution in [-0.4, -0.2) is 40.2 Å². The molecule has 2 heterocycles. The second kappa shape index (κ2) is 6.77. The number of aryl methyl sites for hydroxylation is 2. The second-order valence-electron chi connectivity index (χ2n) is 6.05. The first-order valence-corrected chi connectivity index (χ1v) is 7.94. The average Bonchev–Trinajstić information content (AvgIpc) is 2.55. The third kappa shape index (κ3) is 3.86. The Balaban J connectivity index is 1.59. The molecule has 1 aromatic carbocycles. The van der Waals surface area contributed by atoms with Gasteiger partial charge in [0.1, 0.15) is 6.10 Å². The molecule has 0 unspecified atom stereocenters. The number of hydrogen-bond acceptors (Lipinski definition) is 4. The number of rotatable bonds is 3. The summed E-state index contributed by atoms with van der Waals surface area (Å²) >= 11 is 0. The van der Waals surface area contributed by atoms with Crippen molar-refractivity contribution < 1.29 is 9.53 Å². The highest BCUT2D eigenvalue weighted by Gasteiger charge is 2.25. The highest BCUT2D eigenvalue weighted by molar-refractivity contribution is 5.94. The van der Waals surface area contributed by atoms with Crippen molar-refractivity contribution in [2.75, 3.05) is 13.1 Å². The number of aromatic nitrogens is 2. The van der Waals surface area contributed by atoms with Crippen molar-refractivity contribution in [3.05, 3.63) is 53.2 Å². The maximum absolute atomic E-state index is 12.6. The van der Waals surface area contributed by atoms with Crippen LogP contribution in [0.15, 0.2) is 36.5 Å². The number of hydrogen-bond donors (Lipinski definition) is 0. The third-order valence-corrected chi connectivity index (χ3v) is 4.03. The van der Waals surface area contributed by atoms with Crippen molar-refractivity contribution in [3.8, 4) is 5.88 Å². The van der Waals surface area contributed by atoms with E-state index < -0.39 is 0 Å². The van der Waals surface area contributed by atoms with Gasteiger partial charge >= 0.3 is 0 Å². The lowest BCUT2D eigenvalue weighted by Crippen LogP contribution is -2.41. The van der Waals surface area contributed by atoms with Gasteiger partial charge in [0.05, 0.1) is 0 Å². The van der Waals surface area contributed by atoms with E-state index in [1.54, 1.807) is 18.3 Å². The Morgan fingerprint density at radius 2 is 1.87 bits per heavy atom. The number of carbonyl (C=O) groups excluding carboxylic acids is 1. The van der Waals surface area contributed by atoms with Crippen molar-refractivity contribution in [3.63, 3.8) is 0 Å². The Hall–Kier alpha value is -2.43. The minimum absolute atomic E-state index is 0.0926. The van der Waals surface area contributed by atoms with E-state index in [-0.39, 0.29) is 12.0 Å². The summed E-state index contributed by atoms with van der Waals surface area (Å²) in [4.78, 5) is 14.5. The molecule has 5 heteroatoms. The van der Waals surface area contributed by atoms with Crippen LogP contribution in [0.2, 0.25) is 0 Å².